The van der Waals surface area contributed by atoms with Crippen molar-refractivity contribution in [2.45, 2.75) is 20.1 Å². The zero-order valence-electron chi connectivity index (χ0n) is 18.0. The summed E-state index contributed by atoms with van der Waals surface area (Å²) in [5, 5.41) is 0. The molecule has 1 fully saturated rings. The predicted octanol–water partition coefficient (Wildman–Crippen LogP) is 3.86. The van der Waals surface area contributed by atoms with Gasteiger partial charge in [-0.15, -0.1) is 0 Å². The number of piperazine rings is 1. The molecule has 31 heavy (non-hydrogen) atoms. The van der Waals surface area contributed by atoms with Gasteiger partial charge < -0.3 is 18.8 Å². The van der Waals surface area contributed by atoms with E-state index in [-0.39, 0.29) is 11.2 Å². The van der Waals surface area contributed by atoms with Crippen LogP contribution in [0.5, 0.6) is 11.5 Å². The Kier molecular flexibility index (Phi) is 6.57. The number of nitrogens with zero attached hydrogens (tertiary/aromatic N) is 2. The van der Waals surface area contributed by atoms with Gasteiger partial charge in [0, 0.05) is 32.2 Å². The average Bonchev–Trinajstić information content (AvgIpc) is 2.80. The van der Waals surface area contributed by atoms with E-state index in [0.29, 0.717) is 18.9 Å². The van der Waals surface area contributed by atoms with E-state index in [0.717, 1.165) is 48.7 Å². The molecule has 0 saturated carbocycles. The maximum absolute atomic E-state index is 12.5. The Labute approximate surface area is 182 Å². The molecule has 0 spiro atoms. The molecule has 1 saturated heterocycles. The van der Waals surface area contributed by atoms with Crippen LogP contribution in [0.1, 0.15) is 16.9 Å². The molecular formula is C25H28N2O4. The van der Waals surface area contributed by atoms with Gasteiger partial charge >= 0.3 is 0 Å². The largest absolute Gasteiger partial charge is 0.495 e. The van der Waals surface area contributed by atoms with Gasteiger partial charge in [0.15, 0.2) is 0 Å². The smallest absolute Gasteiger partial charge is 0.227 e. The third-order valence-electron chi connectivity index (χ3n) is 5.67. The number of para-hydroxylation sites is 2. The maximum atomic E-state index is 12.5. The van der Waals surface area contributed by atoms with E-state index in [2.05, 4.69) is 15.9 Å². The fourth-order valence-electron chi connectivity index (χ4n) is 3.81. The van der Waals surface area contributed by atoms with Gasteiger partial charge in [0.25, 0.3) is 0 Å². The molecule has 162 valence electrons. The highest BCUT2D eigenvalue weighted by atomic mass is 16.5. The van der Waals surface area contributed by atoms with Crippen molar-refractivity contribution in [1.29, 1.82) is 0 Å². The third kappa shape index (κ3) is 5.09. The van der Waals surface area contributed by atoms with Crippen LogP contribution in [0.2, 0.25) is 0 Å². The van der Waals surface area contributed by atoms with Crippen LogP contribution in [0.3, 0.4) is 0 Å². The molecule has 3 aromatic rings. The molecule has 6 heteroatoms. The minimum Gasteiger partial charge on any atom is -0.495 e. The summed E-state index contributed by atoms with van der Waals surface area (Å²) in [5.74, 6) is 1.79. The average molecular weight is 421 g/mol. The standard InChI is InChI=1S/C25H28N2O4/c1-19-7-3-4-8-20(19)17-31-25-18-30-21(15-23(25)28)16-26-11-13-27(14-12-26)22-9-5-6-10-24(22)29-2/h3-10,15,18H,11-14,16-17H2,1-2H3. The molecule has 1 aliphatic rings. The van der Waals surface area contributed by atoms with Crippen molar-refractivity contribution in [2.75, 3.05) is 38.2 Å². The molecule has 0 aliphatic carbocycles. The first kappa shape index (κ1) is 21.0. The summed E-state index contributed by atoms with van der Waals surface area (Å²) < 4.78 is 16.9. The summed E-state index contributed by atoms with van der Waals surface area (Å²) in [6.07, 6.45) is 1.43. The normalized spacial score (nSPS) is 14.5. The van der Waals surface area contributed by atoms with Crippen molar-refractivity contribution in [3.05, 3.63) is 88.0 Å². The number of aryl methyl sites for hydroxylation is 1. The molecule has 0 radical (unpaired) electrons. The molecule has 6 nitrogen and oxygen atoms in total. The van der Waals surface area contributed by atoms with Gasteiger partial charge in [-0.05, 0) is 30.2 Å². The Morgan fingerprint density at radius 3 is 2.45 bits per heavy atom. The Balaban J connectivity index is 1.33. The Bertz CT molecular complexity index is 1070. The minimum absolute atomic E-state index is 0.150. The molecule has 0 amide bonds. The minimum atomic E-state index is -0.150. The lowest BCUT2D eigenvalue weighted by atomic mass is 10.1. The lowest BCUT2D eigenvalue weighted by Gasteiger charge is -2.36. The first-order valence-corrected chi connectivity index (χ1v) is 10.5. The Morgan fingerprint density at radius 2 is 1.71 bits per heavy atom. The topological polar surface area (TPSA) is 55.2 Å². The van der Waals surface area contributed by atoms with Gasteiger partial charge in [-0.3, -0.25) is 9.69 Å². The van der Waals surface area contributed by atoms with Crippen LogP contribution in [-0.2, 0) is 13.2 Å². The highest BCUT2D eigenvalue weighted by Crippen LogP contribution is 2.28. The molecule has 4 rings (SSSR count). The molecule has 2 aromatic carbocycles. The highest BCUT2D eigenvalue weighted by Gasteiger charge is 2.20. The summed E-state index contributed by atoms with van der Waals surface area (Å²) in [6.45, 7) is 6.53. The van der Waals surface area contributed by atoms with Gasteiger partial charge in [-0.1, -0.05) is 36.4 Å². The van der Waals surface area contributed by atoms with E-state index in [1.807, 2.05) is 49.4 Å². The molecule has 2 heterocycles. The zero-order chi connectivity index (χ0) is 21.6. The fraction of sp³-hybridized carbons (Fsp3) is 0.320. The number of hydrogen-bond acceptors (Lipinski definition) is 6. The number of hydrogen-bond donors (Lipinski definition) is 0. The monoisotopic (exact) mass is 420 g/mol. The van der Waals surface area contributed by atoms with Crippen molar-refractivity contribution in [3.8, 4) is 11.5 Å². The number of ether oxygens (including phenoxy) is 2. The van der Waals surface area contributed by atoms with E-state index in [9.17, 15) is 4.79 Å². The van der Waals surface area contributed by atoms with Gasteiger partial charge in [0.1, 0.15) is 24.4 Å². The van der Waals surface area contributed by atoms with Crippen LogP contribution >= 0.6 is 0 Å². The Morgan fingerprint density at radius 1 is 0.968 bits per heavy atom. The van der Waals surface area contributed by atoms with Crippen LogP contribution in [-0.4, -0.2) is 38.2 Å². The zero-order valence-corrected chi connectivity index (χ0v) is 18.0. The first-order valence-electron chi connectivity index (χ1n) is 10.5. The second-order valence-electron chi connectivity index (χ2n) is 7.73. The molecule has 0 unspecified atom stereocenters. The van der Waals surface area contributed by atoms with Crippen molar-refractivity contribution < 1.29 is 13.9 Å². The van der Waals surface area contributed by atoms with Gasteiger partial charge in [-0.2, -0.15) is 0 Å². The lowest BCUT2D eigenvalue weighted by molar-refractivity contribution is 0.224. The molecule has 0 atom stereocenters. The molecular weight excluding hydrogens is 392 g/mol. The van der Waals surface area contributed by atoms with E-state index < -0.39 is 0 Å². The van der Waals surface area contributed by atoms with Crippen molar-refractivity contribution in [1.82, 2.24) is 4.90 Å². The quantitative estimate of drug-likeness (QED) is 0.579. The van der Waals surface area contributed by atoms with Crippen molar-refractivity contribution >= 4 is 5.69 Å². The van der Waals surface area contributed by atoms with Crippen LogP contribution in [0, 0.1) is 6.92 Å². The summed E-state index contributed by atoms with van der Waals surface area (Å²) in [5.41, 5.74) is 3.16. The van der Waals surface area contributed by atoms with E-state index in [1.54, 1.807) is 13.2 Å². The van der Waals surface area contributed by atoms with Crippen LogP contribution in [0.4, 0.5) is 5.69 Å². The Hall–Kier alpha value is -3.25. The van der Waals surface area contributed by atoms with E-state index >= 15 is 0 Å². The summed E-state index contributed by atoms with van der Waals surface area (Å²) in [4.78, 5) is 17.1. The van der Waals surface area contributed by atoms with Crippen LogP contribution in [0.25, 0.3) is 0 Å². The van der Waals surface area contributed by atoms with Gasteiger partial charge in [0.05, 0.1) is 19.3 Å². The van der Waals surface area contributed by atoms with Crippen LogP contribution in [0.15, 0.2) is 70.1 Å². The molecule has 0 N–H and O–H groups in total. The summed E-state index contributed by atoms with van der Waals surface area (Å²) in [7, 11) is 1.70. The third-order valence-corrected chi connectivity index (χ3v) is 5.67. The van der Waals surface area contributed by atoms with E-state index in [4.69, 9.17) is 13.9 Å². The predicted molar refractivity (Wildman–Crippen MR) is 121 cm³/mol. The van der Waals surface area contributed by atoms with Gasteiger partial charge in [-0.25, -0.2) is 0 Å². The van der Waals surface area contributed by atoms with Crippen molar-refractivity contribution in [2.24, 2.45) is 0 Å². The first-order chi connectivity index (χ1) is 15.1. The number of benzene rings is 2. The van der Waals surface area contributed by atoms with E-state index in [1.165, 1.54) is 6.26 Å². The maximum Gasteiger partial charge on any atom is 0.227 e. The lowest BCUT2D eigenvalue weighted by Crippen LogP contribution is -2.46. The number of methoxy groups -OCH3 is 1. The molecule has 0 bridgehead atoms. The summed E-state index contributed by atoms with van der Waals surface area (Å²) >= 11 is 0. The van der Waals surface area contributed by atoms with Gasteiger partial charge in [0.2, 0.25) is 11.2 Å². The number of rotatable bonds is 7. The molecule has 1 aliphatic heterocycles. The highest BCUT2D eigenvalue weighted by molar-refractivity contribution is 5.58. The fourth-order valence-corrected chi connectivity index (χ4v) is 3.81. The molecule has 1 aromatic heterocycles. The second kappa shape index (κ2) is 9.71. The second-order valence-corrected chi connectivity index (χ2v) is 7.73. The summed E-state index contributed by atoms with van der Waals surface area (Å²) in [6, 6.07) is 17.6. The number of anilines is 1. The van der Waals surface area contributed by atoms with Crippen LogP contribution < -0.4 is 19.8 Å². The SMILES string of the molecule is COc1ccccc1N1CCN(Cc2cc(=O)c(OCc3ccccc3C)co2)CC1. The van der Waals surface area contributed by atoms with Crippen molar-refractivity contribution in [3.63, 3.8) is 0 Å².